The highest BCUT2D eigenvalue weighted by molar-refractivity contribution is 7.91. The van der Waals surface area contributed by atoms with Crippen LogP contribution in [0.3, 0.4) is 0 Å². The zero-order valence-corrected chi connectivity index (χ0v) is 13.9. The van der Waals surface area contributed by atoms with E-state index in [2.05, 4.69) is 11.6 Å². The maximum atomic E-state index is 12.4. The lowest BCUT2D eigenvalue weighted by Crippen LogP contribution is -2.41. The summed E-state index contributed by atoms with van der Waals surface area (Å²) >= 11 is 6.00. The molecule has 2 rings (SSSR count). The van der Waals surface area contributed by atoms with Crippen molar-refractivity contribution in [2.45, 2.75) is 49.3 Å². The van der Waals surface area contributed by atoms with Crippen molar-refractivity contribution in [1.29, 1.82) is 0 Å². The van der Waals surface area contributed by atoms with Gasteiger partial charge in [-0.15, -0.1) is 11.3 Å². The van der Waals surface area contributed by atoms with Gasteiger partial charge in [-0.05, 0) is 30.9 Å². The Bertz CT molecular complexity index is 580. The number of thiocarbonyl (C=S) groups is 1. The fourth-order valence-corrected chi connectivity index (χ4v) is 5.41. The Morgan fingerprint density at radius 1 is 1.45 bits per heavy atom. The van der Waals surface area contributed by atoms with E-state index in [4.69, 9.17) is 18.0 Å². The van der Waals surface area contributed by atoms with Gasteiger partial charge in [0.05, 0.1) is 4.88 Å². The molecule has 0 saturated heterocycles. The number of hydrogen-bond acceptors (Lipinski definition) is 4. The van der Waals surface area contributed by atoms with E-state index in [9.17, 15) is 8.42 Å². The highest BCUT2D eigenvalue weighted by Gasteiger charge is 2.29. The van der Waals surface area contributed by atoms with Crippen molar-refractivity contribution in [3.63, 3.8) is 0 Å². The van der Waals surface area contributed by atoms with E-state index in [1.165, 1.54) is 6.42 Å². The van der Waals surface area contributed by atoms with Crippen LogP contribution in [0.1, 0.15) is 43.9 Å². The second-order valence-electron chi connectivity index (χ2n) is 5.16. The molecule has 1 heterocycles. The molecular weight excluding hydrogens is 312 g/mol. The summed E-state index contributed by atoms with van der Waals surface area (Å²) in [7, 11) is -3.46. The Morgan fingerprint density at radius 2 is 2.15 bits per heavy atom. The number of rotatable bonds is 5. The van der Waals surface area contributed by atoms with E-state index >= 15 is 0 Å². The third-order valence-electron chi connectivity index (χ3n) is 3.83. The number of thiophene rings is 1. The normalized spacial score (nSPS) is 23.6. The van der Waals surface area contributed by atoms with Gasteiger partial charge in [0, 0.05) is 6.04 Å². The molecular formula is C13H20N2O2S3. The molecule has 1 saturated carbocycles. The van der Waals surface area contributed by atoms with Crippen molar-refractivity contribution in [2.24, 2.45) is 11.7 Å². The average molecular weight is 333 g/mol. The number of hydrogen-bond donors (Lipinski definition) is 2. The van der Waals surface area contributed by atoms with Gasteiger partial charge in [-0.25, -0.2) is 13.1 Å². The third-order valence-corrected chi connectivity index (χ3v) is 7.28. The molecule has 7 heteroatoms. The molecule has 1 aliphatic rings. The summed E-state index contributed by atoms with van der Waals surface area (Å²) < 4.78 is 28.0. The van der Waals surface area contributed by atoms with E-state index in [0.29, 0.717) is 15.0 Å². The quantitative estimate of drug-likeness (QED) is 0.813. The molecule has 1 aromatic rings. The molecule has 2 atom stereocenters. The molecule has 3 N–H and O–H groups in total. The highest BCUT2D eigenvalue weighted by atomic mass is 32.2. The molecule has 1 aromatic heterocycles. The number of nitrogens with one attached hydrogen (secondary N) is 1. The minimum Gasteiger partial charge on any atom is -0.389 e. The molecule has 0 amide bonds. The Balaban J connectivity index is 2.15. The van der Waals surface area contributed by atoms with Crippen LogP contribution in [0, 0.1) is 5.92 Å². The van der Waals surface area contributed by atoms with Gasteiger partial charge in [-0.2, -0.15) is 0 Å². The Kier molecular flexibility index (Phi) is 5.17. The highest BCUT2D eigenvalue weighted by Crippen LogP contribution is 2.29. The molecule has 0 aromatic carbocycles. The van der Waals surface area contributed by atoms with E-state index in [-0.39, 0.29) is 11.0 Å². The lowest BCUT2D eigenvalue weighted by atomic mass is 9.83. The number of nitrogens with two attached hydrogens (primary N) is 1. The molecule has 0 spiro atoms. The van der Waals surface area contributed by atoms with Gasteiger partial charge < -0.3 is 5.73 Å². The molecule has 1 fully saturated rings. The summed E-state index contributed by atoms with van der Waals surface area (Å²) in [6.45, 7) is 2.12. The maximum Gasteiger partial charge on any atom is 0.250 e. The van der Waals surface area contributed by atoms with Crippen LogP contribution in [0.5, 0.6) is 0 Å². The monoisotopic (exact) mass is 332 g/mol. The van der Waals surface area contributed by atoms with E-state index in [0.717, 1.165) is 37.0 Å². The average Bonchev–Trinajstić information content (AvgIpc) is 2.89. The molecule has 0 radical (unpaired) electrons. The van der Waals surface area contributed by atoms with Gasteiger partial charge >= 0.3 is 0 Å². The van der Waals surface area contributed by atoms with Crippen molar-refractivity contribution in [3.8, 4) is 0 Å². The van der Waals surface area contributed by atoms with Crippen LogP contribution >= 0.6 is 23.6 Å². The first-order valence-corrected chi connectivity index (χ1v) is 9.57. The zero-order valence-electron chi connectivity index (χ0n) is 11.5. The van der Waals surface area contributed by atoms with E-state index in [1.54, 1.807) is 12.1 Å². The summed E-state index contributed by atoms with van der Waals surface area (Å²) in [5.74, 6) is 0.438. The van der Waals surface area contributed by atoms with Crippen LogP contribution in [-0.4, -0.2) is 19.4 Å². The molecule has 112 valence electrons. The Morgan fingerprint density at radius 3 is 2.75 bits per heavy atom. The van der Waals surface area contributed by atoms with Gasteiger partial charge in [0.2, 0.25) is 10.0 Å². The van der Waals surface area contributed by atoms with Gasteiger partial charge in [-0.3, -0.25) is 0 Å². The third kappa shape index (κ3) is 3.58. The second kappa shape index (κ2) is 6.51. The van der Waals surface area contributed by atoms with Crippen LogP contribution in [0.25, 0.3) is 0 Å². The first kappa shape index (κ1) is 15.9. The molecule has 1 aliphatic carbocycles. The van der Waals surface area contributed by atoms with Crippen molar-refractivity contribution < 1.29 is 8.42 Å². The van der Waals surface area contributed by atoms with Gasteiger partial charge in [0.15, 0.2) is 0 Å². The molecule has 4 nitrogen and oxygen atoms in total. The van der Waals surface area contributed by atoms with E-state index in [1.807, 2.05) is 0 Å². The topological polar surface area (TPSA) is 72.2 Å². The predicted octanol–water partition coefficient (Wildman–Crippen LogP) is 2.63. The van der Waals surface area contributed by atoms with Crippen molar-refractivity contribution in [2.75, 3.05) is 0 Å². The summed E-state index contributed by atoms with van der Waals surface area (Å²) in [5.41, 5.74) is 5.52. The Labute approximate surface area is 129 Å². The fraction of sp³-hybridized carbons (Fsp3) is 0.615. The summed E-state index contributed by atoms with van der Waals surface area (Å²) in [6, 6.07) is 3.29. The molecule has 20 heavy (non-hydrogen) atoms. The van der Waals surface area contributed by atoms with Crippen LogP contribution in [0.15, 0.2) is 16.3 Å². The largest absolute Gasteiger partial charge is 0.389 e. The zero-order chi connectivity index (χ0) is 14.8. The Hall–Kier alpha value is -0.500. The van der Waals surface area contributed by atoms with E-state index < -0.39 is 10.0 Å². The SMILES string of the molecule is CCC1CCCCC1NS(=O)(=O)c1ccc(C(N)=S)s1. The first-order valence-electron chi connectivity index (χ1n) is 6.86. The lowest BCUT2D eigenvalue weighted by molar-refractivity contribution is 0.282. The van der Waals surface area contributed by atoms with Crippen LogP contribution in [0.2, 0.25) is 0 Å². The standard InChI is InChI=1S/C13H20N2O2S3/c1-2-9-5-3-4-6-10(9)15-20(16,17)12-8-7-11(19-12)13(14)18/h7-10,15H,2-6H2,1H3,(H2,14,18). The minimum absolute atomic E-state index is 0.0501. The van der Waals surface area contributed by atoms with Gasteiger partial charge in [-0.1, -0.05) is 38.4 Å². The number of sulfonamides is 1. The molecule has 0 bridgehead atoms. The van der Waals surface area contributed by atoms with Crippen molar-refractivity contribution >= 4 is 38.6 Å². The smallest absolute Gasteiger partial charge is 0.250 e. The van der Waals surface area contributed by atoms with Crippen LogP contribution in [0.4, 0.5) is 0 Å². The van der Waals surface area contributed by atoms with Crippen LogP contribution in [-0.2, 0) is 10.0 Å². The predicted molar refractivity (Wildman–Crippen MR) is 86.6 cm³/mol. The van der Waals surface area contributed by atoms with Crippen LogP contribution < -0.4 is 10.5 Å². The summed E-state index contributed by atoms with van der Waals surface area (Å²) in [6.07, 6.45) is 5.32. The molecule has 0 aliphatic heterocycles. The van der Waals surface area contributed by atoms with Gasteiger partial charge in [0.25, 0.3) is 0 Å². The minimum atomic E-state index is -3.46. The summed E-state index contributed by atoms with van der Waals surface area (Å²) in [5, 5.41) is 0. The van der Waals surface area contributed by atoms with Crippen molar-refractivity contribution in [3.05, 3.63) is 17.0 Å². The lowest BCUT2D eigenvalue weighted by Gasteiger charge is -2.31. The first-order chi connectivity index (χ1) is 9.44. The van der Waals surface area contributed by atoms with Gasteiger partial charge in [0.1, 0.15) is 9.20 Å². The fourth-order valence-electron chi connectivity index (χ4n) is 2.71. The molecule has 2 unspecified atom stereocenters. The second-order valence-corrected chi connectivity index (χ2v) is 8.63. The summed E-state index contributed by atoms with van der Waals surface area (Å²) in [4.78, 5) is 0.872. The maximum absolute atomic E-state index is 12.4. The van der Waals surface area contributed by atoms with Crippen molar-refractivity contribution in [1.82, 2.24) is 4.72 Å².